The van der Waals surface area contributed by atoms with Crippen molar-refractivity contribution < 1.29 is 9.53 Å². The highest BCUT2D eigenvalue weighted by molar-refractivity contribution is 7.07. The second-order valence-electron chi connectivity index (χ2n) is 6.99. The SMILES string of the molecule is CC(NCCCN(C(=O)OC(C)(C)C)C1CC1)c1ccsc1. The molecule has 1 atom stereocenters. The molecule has 1 unspecified atom stereocenters. The molecule has 1 heterocycles. The fraction of sp³-hybridized carbons (Fsp3) is 0.706. The van der Waals surface area contributed by atoms with Crippen molar-refractivity contribution in [1.29, 1.82) is 0 Å². The molecule has 1 amide bonds. The van der Waals surface area contributed by atoms with Gasteiger partial charge < -0.3 is 15.0 Å². The largest absolute Gasteiger partial charge is 0.444 e. The minimum absolute atomic E-state index is 0.166. The lowest BCUT2D eigenvalue weighted by atomic mass is 10.2. The highest BCUT2D eigenvalue weighted by atomic mass is 32.1. The Kier molecular flexibility index (Phi) is 5.87. The Morgan fingerprint density at radius 3 is 2.77 bits per heavy atom. The topological polar surface area (TPSA) is 41.6 Å². The normalized spacial score (nSPS) is 16.4. The van der Waals surface area contributed by atoms with Crippen LogP contribution in [0.25, 0.3) is 0 Å². The van der Waals surface area contributed by atoms with Crippen LogP contribution in [-0.2, 0) is 4.74 Å². The van der Waals surface area contributed by atoms with Crippen LogP contribution < -0.4 is 5.32 Å². The first kappa shape index (κ1) is 17.3. The minimum Gasteiger partial charge on any atom is -0.444 e. The summed E-state index contributed by atoms with van der Waals surface area (Å²) >= 11 is 1.72. The summed E-state index contributed by atoms with van der Waals surface area (Å²) in [6.07, 6.45) is 3.00. The van der Waals surface area contributed by atoms with Gasteiger partial charge in [0.15, 0.2) is 0 Å². The zero-order valence-electron chi connectivity index (χ0n) is 14.1. The third kappa shape index (κ3) is 5.61. The maximum absolute atomic E-state index is 12.2. The van der Waals surface area contributed by atoms with E-state index < -0.39 is 5.60 Å². The molecule has 0 saturated heterocycles. The molecule has 1 aliphatic rings. The van der Waals surface area contributed by atoms with E-state index in [1.165, 1.54) is 5.56 Å². The van der Waals surface area contributed by atoms with Crippen molar-refractivity contribution >= 4 is 17.4 Å². The number of hydrogen-bond acceptors (Lipinski definition) is 4. The van der Waals surface area contributed by atoms with Crippen molar-refractivity contribution in [2.75, 3.05) is 13.1 Å². The maximum Gasteiger partial charge on any atom is 0.410 e. The van der Waals surface area contributed by atoms with Crippen LogP contribution in [0, 0.1) is 0 Å². The molecule has 124 valence electrons. The average molecular weight is 324 g/mol. The van der Waals surface area contributed by atoms with Crippen LogP contribution >= 0.6 is 11.3 Å². The first-order chi connectivity index (χ1) is 10.4. The second kappa shape index (κ2) is 7.47. The molecule has 5 heteroatoms. The molecule has 2 rings (SSSR count). The molecule has 22 heavy (non-hydrogen) atoms. The maximum atomic E-state index is 12.2. The van der Waals surface area contributed by atoms with Gasteiger partial charge in [-0.3, -0.25) is 0 Å². The number of amides is 1. The van der Waals surface area contributed by atoms with Crippen molar-refractivity contribution in [2.24, 2.45) is 0 Å². The van der Waals surface area contributed by atoms with Gasteiger partial charge in [0.2, 0.25) is 0 Å². The Hall–Kier alpha value is -1.07. The third-order valence-corrected chi connectivity index (χ3v) is 4.39. The van der Waals surface area contributed by atoms with Crippen LogP contribution in [0.5, 0.6) is 0 Å². The first-order valence-electron chi connectivity index (χ1n) is 8.12. The molecule has 0 aromatic carbocycles. The van der Waals surface area contributed by atoms with Gasteiger partial charge in [0.05, 0.1) is 0 Å². The minimum atomic E-state index is -0.421. The van der Waals surface area contributed by atoms with E-state index in [2.05, 4.69) is 29.1 Å². The Labute approximate surface area is 137 Å². The summed E-state index contributed by atoms with van der Waals surface area (Å²) in [4.78, 5) is 14.1. The quantitative estimate of drug-likeness (QED) is 0.765. The second-order valence-corrected chi connectivity index (χ2v) is 7.77. The van der Waals surface area contributed by atoms with Crippen molar-refractivity contribution in [1.82, 2.24) is 10.2 Å². The molecule has 4 nitrogen and oxygen atoms in total. The standard InChI is InChI=1S/C17H28N2O2S/c1-13(14-8-11-22-12-14)18-9-5-10-19(15-6-7-15)16(20)21-17(2,3)4/h8,11-13,15,18H,5-7,9-10H2,1-4H3. The van der Waals surface area contributed by atoms with E-state index in [1.807, 2.05) is 25.7 Å². The number of nitrogens with one attached hydrogen (secondary N) is 1. The highest BCUT2D eigenvalue weighted by Gasteiger charge is 2.34. The van der Waals surface area contributed by atoms with Gasteiger partial charge in [-0.25, -0.2) is 4.79 Å². The predicted octanol–water partition coefficient (Wildman–Crippen LogP) is 4.19. The molecule has 1 N–H and O–H groups in total. The predicted molar refractivity (Wildman–Crippen MR) is 91.3 cm³/mol. The lowest BCUT2D eigenvalue weighted by Crippen LogP contribution is -2.39. The van der Waals surface area contributed by atoms with Crippen LogP contribution in [0.3, 0.4) is 0 Å². The summed E-state index contributed by atoms with van der Waals surface area (Å²) in [5, 5.41) is 7.79. The monoisotopic (exact) mass is 324 g/mol. The van der Waals surface area contributed by atoms with Gasteiger partial charge in [0.25, 0.3) is 0 Å². The molecule has 0 bridgehead atoms. The van der Waals surface area contributed by atoms with Crippen LogP contribution in [0.15, 0.2) is 16.8 Å². The van der Waals surface area contributed by atoms with Gasteiger partial charge in [-0.15, -0.1) is 0 Å². The number of rotatable bonds is 7. The lowest BCUT2D eigenvalue weighted by Gasteiger charge is -2.27. The zero-order valence-corrected chi connectivity index (χ0v) is 14.9. The van der Waals surface area contributed by atoms with Crippen molar-refractivity contribution in [3.8, 4) is 0 Å². The van der Waals surface area contributed by atoms with E-state index in [1.54, 1.807) is 11.3 Å². The Bertz CT molecular complexity index is 464. The van der Waals surface area contributed by atoms with Gasteiger partial charge >= 0.3 is 6.09 Å². The summed E-state index contributed by atoms with van der Waals surface area (Å²) in [5.74, 6) is 0. The van der Waals surface area contributed by atoms with Crippen LogP contribution in [0.1, 0.15) is 58.6 Å². The highest BCUT2D eigenvalue weighted by Crippen LogP contribution is 2.28. The number of carbonyl (C=O) groups excluding carboxylic acids is 1. The number of hydrogen-bond donors (Lipinski definition) is 1. The molecule has 1 fully saturated rings. The Balaban J connectivity index is 1.72. The zero-order chi connectivity index (χ0) is 16.2. The number of ether oxygens (including phenoxy) is 1. The molecule has 1 saturated carbocycles. The van der Waals surface area contributed by atoms with Crippen LogP contribution in [-0.4, -0.2) is 35.7 Å². The Morgan fingerprint density at radius 2 is 2.23 bits per heavy atom. The molecule has 0 spiro atoms. The molecule has 1 aromatic rings. The molecular weight excluding hydrogens is 296 g/mol. The summed E-state index contributed by atoms with van der Waals surface area (Å²) in [7, 11) is 0. The number of nitrogens with zero attached hydrogens (tertiary/aromatic N) is 1. The van der Waals surface area contributed by atoms with Gasteiger partial charge in [0.1, 0.15) is 5.60 Å². The fourth-order valence-electron chi connectivity index (χ4n) is 2.34. The van der Waals surface area contributed by atoms with Gasteiger partial charge in [-0.2, -0.15) is 11.3 Å². The van der Waals surface area contributed by atoms with E-state index in [0.29, 0.717) is 12.1 Å². The van der Waals surface area contributed by atoms with E-state index in [0.717, 1.165) is 32.4 Å². The first-order valence-corrected chi connectivity index (χ1v) is 9.06. The van der Waals surface area contributed by atoms with Crippen LogP contribution in [0.4, 0.5) is 4.79 Å². The van der Waals surface area contributed by atoms with Crippen molar-refractivity contribution in [3.63, 3.8) is 0 Å². The van der Waals surface area contributed by atoms with Gasteiger partial charge in [0, 0.05) is 18.6 Å². The van der Waals surface area contributed by atoms with E-state index in [9.17, 15) is 4.79 Å². The summed E-state index contributed by atoms with van der Waals surface area (Å²) in [6.45, 7) is 9.60. The molecule has 1 aromatic heterocycles. The van der Waals surface area contributed by atoms with E-state index in [4.69, 9.17) is 4.74 Å². The number of thiophene rings is 1. The lowest BCUT2D eigenvalue weighted by molar-refractivity contribution is 0.0232. The third-order valence-electron chi connectivity index (χ3n) is 3.69. The number of carbonyl (C=O) groups is 1. The Morgan fingerprint density at radius 1 is 1.50 bits per heavy atom. The molecule has 0 radical (unpaired) electrons. The molecular formula is C17H28N2O2S. The van der Waals surface area contributed by atoms with Crippen molar-refractivity contribution in [3.05, 3.63) is 22.4 Å². The summed E-state index contributed by atoms with van der Waals surface area (Å²) in [6, 6.07) is 2.91. The smallest absolute Gasteiger partial charge is 0.410 e. The molecule has 0 aliphatic heterocycles. The summed E-state index contributed by atoms with van der Waals surface area (Å²) < 4.78 is 5.51. The van der Waals surface area contributed by atoms with E-state index >= 15 is 0 Å². The van der Waals surface area contributed by atoms with Crippen LogP contribution in [0.2, 0.25) is 0 Å². The fourth-order valence-corrected chi connectivity index (χ4v) is 3.09. The molecule has 1 aliphatic carbocycles. The van der Waals surface area contributed by atoms with Gasteiger partial charge in [-0.1, -0.05) is 0 Å². The van der Waals surface area contributed by atoms with Crippen molar-refractivity contribution in [2.45, 2.75) is 64.6 Å². The average Bonchev–Trinajstić information content (AvgIpc) is 3.09. The van der Waals surface area contributed by atoms with E-state index in [-0.39, 0.29) is 6.09 Å². The van der Waals surface area contributed by atoms with Gasteiger partial charge in [-0.05, 0) is 75.9 Å². The summed E-state index contributed by atoms with van der Waals surface area (Å²) in [5.41, 5.74) is 0.909.